The Morgan fingerprint density at radius 3 is 2.06 bits per heavy atom. The van der Waals surface area contributed by atoms with Crippen molar-refractivity contribution in [1.82, 2.24) is 4.48 Å². The van der Waals surface area contributed by atoms with Gasteiger partial charge in [-0.25, -0.2) is 8.42 Å². The standard InChI is InChI=1S/C21H27N2.C7H8O3S/c1-21(15-14-17-10-12-19(13-11-17)22(2)3)16-18-8-6-7-9-20(18)23(21,4)5;1-6-2-4-7(5-3-6)11(8,9)10/h6-15H,16H2,1-5H3;2-5H,1H3,(H,8,9,10)/q+1;/p-1. The van der Waals surface area contributed by atoms with Crippen molar-refractivity contribution in [1.29, 1.82) is 0 Å². The van der Waals surface area contributed by atoms with E-state index < -0.39 is 10.1 Å². The predicted molar refractivity (Wildman–Crippen MR) is 141 cm³/mol. The summed E-state index contributed by atoms with van der Waals surface area (Å²) in [7, 11) is 4.49. The zero-order chi connectivity index (χ0) is 25.1. The molecule has 0 fully saturated rings. The fraction of sp³-hybridized carbons (Fsp3) is 0.286. The highest BCUT2D eigenvalue weighted by atomic mass is 32.2. The predicted octanol–water partition coefficient (Wildman–Crippen LogP) is 5.25. The van der Waals surface area contributed by atoms with Gasteiger partial charge in [-0.15, -0.1) is 0 Å². The summed E-state index contributed by atoms with van der Waals surface area (Å²) in [6, 6.07) is 23.3. The molecule has 0 N–H and O–H groups in total. The molecule has 1 aliphatic rings. The topological polar surface area (TPSA) is 60.4 Å². The van der Waals surface area contributed by atoms with Crippen LogP contribution in [0.15, 0.2) is 83.8 Å². The second kappa shape index (κ2) is 9.74. The average Bonchev–Trinajstić information content (AvgIpc) is 2.98. The molecule has 1 heterocycles. The summed E-state index contributed by atoms with van der Waals surface area (Å²) in [6.07, 6.45) is 5.74. The van der Waals surface area contributed by atoms with Crippen LogP contribution in [0.1, 0.15) is 23.6 Å². The lowest BCUT2D eigenvalue weighted by Crippen LogP contribution is -2.55. The van der Waals surface area contributed by atoms with Crippen LogP contribution in [0.4, 0.5) is 11.4 Å². The van der Waals surface area contributed by atoms with Gasteiger partial charge in [0, 0.05) is 31.8 Å². The molecule has 1 aliphatic heterocycles. The number of likely N-dealkylation sites (N-methyl/N-ethyl adjacent to an activating group) is 1. The van der Waals surface area contributed by atoms with E-state index in [0.29, 0.717) is 0 Å². The third-order valence-corrected chi connectivity index (χ3v) is 7.62. The number of hydrogen-bond donors (Lipinski definition) is 0. The Kier molecular flexibility index (Phi) is 7.36. The van der Waals surface area contributed by atoms with Gasteiger partial charge in [0.2, 0.25) is 0 Å². The zero-order valence-electron chi connectivity index (χ0n) is 20.8. The fourth-order valence-corrected chi connectivity index (χ4v) is 4.64. The SMILES string of the molecule is CN(C)c1ccc(C=CC2(C)Cc3ccccc3[N+]2(C)C)cc1.Cc1ccc(S(=O)(=O)[O-])cc1. The number of rotatable bonds is 4. The van der Waals surface area contributed by atoms with Gasteiger partial charge < -0.3 is 9.45 Å². The van der Waals surface area contributed by atoms with E-state index in [2.05, 4.69) is 101 Å². The summed E-state index contributed by atoms with van der Waals surface area (Å²) >= 11 is 0. The molecule has 0 aliphatic carbocycles. The lowest BCUT2D eigenvalue weighted by atomic mass is 9.94. The molecule has 1 unspecified atom stereocenters. The van der Waals surface area contributed by atoms with Crippen molar-refractivity contribution < 1.29 is 13.0 Å². The fourth-order valence-electron chi connectivity index (χ4n) is 4.17. The van der Waals surface area contributed by atoms with Gasteiger partial charge in [-0.3, -0.25) is 4.48 Å². The smallest absolute Gasteiger partial charge is 0.136 e. The number of anilines is 1. The maximum atomic E-state index is 10.4. The molecule has 0 spiro atoms. The summed E-state index contributed by atoms with van der Waals surface area (Å²) in [5.74, 6) is 0. The van der Waals surface area contributed by atoms with E-state index >= 15 is 0 Å². The Bertz CT molecular complexity index is 1260. The molecule has 0 saturated carbocycles. The van der Waals surface area contributed by atoms with Crippen molar-refractivity contribution in [2.75, 3.05) is 33.1 Å². The molecule has 0 bridgehead atoms. The normalized spacial score (nSPS) is 18.8. The summed E-state index contributed by atoms with van der Waals surface area (Å²) in [4.78, 5) is 1.95. The van der Waals surface area contributed by atoms with E-state index in [1.165, 1.54) is 34.6 Å². The Balaban J connectivity index is 0.000000248. The van der Waals surface area contributed by atoms with Gasteiger partial charge in [-0.2, -0.15) is 0 Å². The quantitative estimate of drug-likeness (QED) is 0.380. The maximum Gasteiger partial charge on any atom is 0.136 e. The molecule has 1 atom stereocenters. The molecular weight excluding hydrogens is 444 g/mol. The Hall–Kier alpha value is -2.93. The van der Waals surface area contributed by atoms with Crippen molar-refractivity contribution in [3.8, 4) is 0 Å². The molecule has 0 radical (unpaired) electrons. The third-order valence-electron chi connectivity index (χ3n) is 6.77. The van der Waals surface area contributed by atoms with Gasteiger partial charge >= 0.3 is 0 Å². The molecule has 3 aromatic carbocycles. The number of nitrogens with zero attached hydrogens (tertiary/aromatic N) is 2. The Morgan fingerprint density at radius 1 is 0.941 bits per heavy atom. The molecular formula is C28H34N2O3S. The number of para-hydroxylation sites is 1. The minimum absolute atomic E-state index is 0.0872. The average molecular weight is 479 g/mol. The van der Waals surface area contributed by atoms with Crippen LogP contribution in [0.5, 0.6) is 0 Å². The van der Waals surface area contributed by atoms with E-state index in [4.69, 9.17) is 0 Å². The van der Waals surface area contributed by atoms with Crippen LogP contribution in [-0.2, 0) is 16.5 Å². The first kappa shape index (κ1) is 25.7. The molecule has 34 heavy (non-hydrogen) atoms. The highest BCUT2D eigenvalue weighted by molar-refractivity contribution is 7.85. The van der Waals surface area contributed by atoms with Crippen LogP contribution in [-0.4, -0.2) is 46.7 Å². The number of benzene rings is 3. The minimum atomic E-state index is -4.27. The zero-order valence-corrected chi connectivity index (χ0v) is 21.6. The highest BCUT2D eigenvalue weighted by Crippen LogP contribution is 2.43. The van der Waals surface area contributed by atoms with Gasteiger partial charge in [-0.05, 0) is 55.8 Å². The number of aryl methyl sites for hydroxylation is 1. The Morgan fingerprint density at radius 2 is 1.53 bits per heavy atom. The van der Waals surface area contributed by atoms with Gasteiger partial charge in [0.15, 0.2) is 0 Å². The first-order valence-corrected chi connectivity index (χ1v) is 12.7. The summed E-state index contributed by atoms with van der Waals surface area (Å²) < 4.78 is 32.1. The monoisotopic (exact) mass is 478 g/mol. The largest absolute Gasteiger partial charge is 0.744 e. The Labute approximate surface area is 204 Å². The van der Waals surface area contributed by atoms with E-state index in [-0.39, 0.29) is 10.4 Å². The lowest BCUT2D eigenvalue weighted by Gasteiger charge is -2.39. The van der Waals surface area contributed by atoms with Crippen LogP contribution in [0.3, 0.4) is 0 Å². The van der Waals surface area contributed by atoms with Crippen LogP contribution >= 0.6 is 0 Å². The summed E-state index contributed by atoms with van der Waals surface area (Å²) in [6.45, 7) is 4.18. The van der Waals surface area contributed by atoms with Crippen LogP contribution in [0, 0.1) is 6.92 Å². The van der Waals surface area contributed by atoms with Crippen LogP contribution in [0.25, 0.3) is 6.08 Å². The first-order chi connectivity index (χ1) is 15.8. The third kappa shape index (κ3) is 5.58. The van der Waals surface area contributed by atoms with E-state index in [9.17, 15) is 13.0 Å². The van der Waals surface area contributed by atoms with Crippen molar-refractivity contribution in [3.05, 3.63) is 95.6 Å². The maximum absolute atomic E-state index is 10.4. The molecule has 5 nitrogen and oxygen atoms in total. The lowest BCUT2D eigenvalue weighted by molar-refractivity contribution is 0.256. The summed E-state index contributed by atoms with van der Waals surface area (Å²) in [5.41, 5.74) is 6.40. The van der Waals surface area contributed by atoms with Gasteiger partial charge in [0.25, 0.3) is 0 Å². The number of hydrogen-bond acceptors (Lipinski definition) is 4. The van der Waals surface area contributed by atoms with Crippen molar-refractivity contribution >= 4 is 27.6 Å². The van der Waals surface area contributed by atoms with E-state index in [1.54, 1.807) is 12.1 Å². The van der Waals surface area contributed by atoms with E-state index in [0.717, 1.165) is 16.5 Å². The summed E-state index contributed by atoms with van der Waals surface area (Å²) in [5, 5.41) is 0. The van der Waals surface area contributed by atoms with E-state index in [1.807, 2.05) is 6.92 Å². The van der Waals surface area contributed by atoms with Gasteiger partial charge in [0.1, 0.15) is 21.3 Å². The first-order valence-electron chi connectivity index (χ1n) is 11.3. The van der Waals surface area contributed by atoms with Crippen LogP contribution < -0.4 is 9.38 Å². The highest BCUT2D eigenvalue weighted by Gasteiger charge is 2.48. The van der Waals surface area contributed by atoms with Crippen molar-refractivity contribution in [2.24, 2.45) is 0 Å². The van der Waals surface area contributed by atoms with Crippen molar-refractivity contribution in [3.63, 3.8) is 0 Å². The molecule has 6 heteroatoms. The minimum Gasteiger partial charge on any atom is -0.744 e. The van der Waals surface area contributed by atoms with Gasteiger partial charge in [-0.1, -0.05) is 54.1 Å². The molecule has 0 amide bonds. The number of quaternary nitrogens is 1. The second-order valence-corrected chi connectivity index (χ2v) is 11.1. The molecule has 0 aromatic heterocycles. The van der Waals surface area contributed by atoms with Crippen molar-refractivity contribution in [2.45, 2.75) is 30.7 Å². The van der Waals surface area contributed by atoms with Gasteiger partial charge in [0.05, 0.1) is 19.0 Å². The molecule has 3 aromatic rings. The molecule has 4 rings (SSSR count). The second-order valence-electron chi connectivity index (χ2n) is 9.70. The molecule has 180 valence electrons. The van der Waals surface area contributed by atoms with Crippen LogP contribution in [0.2, 0.25) is 0 Å². The molecule has 0 saturated heterocycles. The number of fused-ring (bicyclic) bond motifs is 1.